The number of hydrogen-bond acceptors (Lipinski definition) is 3. The normalized spacial score (nSPS) is 11.7. The molecule has 3 aromatic carbocycles. The number of hydrogen-bond donors (Lipinski definition) is 0. The molecule has 0 aliphatic rings. The van der Waals surface area contributed by atoms with Gasteiger partial charge in [-0.25, -0.2) is 0 Å². The van der Waals surface area contributed by atoms with Gasteiger partial charge in [0.1, 0.15) is 11.5 Å². The van der Waals surface area contributed by atoms with Crippen LogP contribution in [0.5, 0.6) is 11.5 Å². The number of halogens is 1. The van der Waals surface area contributed by atoms with Crippen molar-refractivity contribution < 1.29 is 9.53 Å². The Morgan fingerprint density at radius 2 is 1.70 bits per heavy atom. The van der Waals surface area contributed by atoms with E-state index < -0.39 is 0 Å². The second kappa shape index (κ2) is 7.50. The fraction of sp³-hybridized carbons (Fsp3) is 0.0476. The highest BCUT2D eigenvalue weighted by Crippen LogP contribution is 2.22. The molecule has 0 aliphatic carbocycles. The first-order valence-corrected chi connectivity index (χ1v) is 9.88. The monoisotopic (exact) mass is 438 g/mol. The van der Waals surface area contributed by atoms with E-state index in [0.717, 1.165) is 20.4 Å². The van der Waals surface area contributed by atoms with Gasteiger partial charge in [0.05, 0.1) is 10.2 Å². The summed E-state index contributed by atoms with van der Waals surface area (Å²) in [6.07, 6.45) is 0. The molecule has 0 saturated carbocycles. The van der Waals surface area contributed by atoms with Crippen molar-refractivity contribution in [2.45, 2.75) is 0 Å². The highest BCUT2D eigenvalue weighted by atomic mass is 79.9. The molecule has 4 aromatic rings. The molecule has 134 valence electrons. The van der Waals surface area contributed by atoms with Crippen LogP contribution in [0.3, 0.4) is 0 Å². The second-order valence-corrected chi connectivity index (χ2v) is 7.84. The number of amides is 1. The Morgan fingerprint density at radius 1 is 1.00 bits per heavy atom. The Hall–Kier alpha value is -2.70. The van der Waals surface area contributed by atoms with E-state index in [0.29, 0.717) is 16.1 Å². The maximum absolute atomic E-state index is 12.6. The van der Waals surface area contributed by atoms with E-state index in [-0.39, 0.29) is 5.91 Å². The van der Waals surface area contributed by atoms with E-state index >= 15 is 0 Å². The number of ether oxygens (including phenoxy) is 1. The summed E-state index contributed by atoms with van der Waals surface area (Å²) in [4.78, 5) is 17.5. The summed E-state index contributed by atoms with van der Waals surface area (Å²) in [7, 11) is 1.91. The number of carbonyl (C=O) groups excluding carboxylic acids is 1. The first-order valence-electron chi connectivity index (χ1n) is 8.27. The zero-order chi connectivity index (χ0) is 18.8. The highest BCUT2D eigenvalue weighted by molar-refractivity contribution is 9.10. The first-order chi connectivity index (χ1) is 13.1. The summed E-state index contributed by atoms with van der Waals surface area (Å²) in [6, 6.07) is 22.6. The topological polar surface area (TPSA) is 43.6 Å². The van der Waals surface area contributed by atoms with Crippen molar-refractivity contribution in [1.29, 1.82) is 0 Å². The van der Waals surface area contributed by atoms with Crippen LogP contribution in [0, 0.1) is 0 Å². The minimum atomic E-state index is -0.275. The Morgan fingerprint density at radius 3 is 2.44 bits per heavy atom. The molecule has 0 radical (unpaired) electrons. The van der Waals surface area contributed by atoms with Gasteiger partial charge in [0.15, 0.2) is 4.80 Å². The smallest absolute Gasteiger partial charge is 0.279 e. The van der Waals surface area contributed by atoms with Crippen molar-refractivity contribution in [3.63, 3.8) is 0 Å². The molecule has 1 amide bonds. The van der Waals surface area contributed by atoms with Crippen molar-refractivity contribution in [3.8, 4) is 11.5 Å². The molecular weight excluding hydrogens is 424 g/mol. The summed E-state index contributed by atoms with van der Waals surface area (Å²) >= 11 is 4.97. The van der Waals surface area contributed by atoms with Crippen LogP contribution >= 0.6 is 27.3 Å². The number of benzene rings is 3. The zero-order valence-electron chi connectivity index (χ0n) is 14.4. The van der Waals surface area contributed by atoms with Crippen LogP contribution in [0.4, 0.5) is 0 Å². The lowest BCUT2D eigenvalue weighted by atomic mass is 10.2. The zero-order valence-corrected chi connectivity index (χ0v) is 16.8. The molecule has 0 bridgehead atoms. The van der Waals surface area contributed by atoms with Crippen molar-refractivity contribution in [3.05, 3.63) is 87.6 Å². The number of aryl methyl sites for hydroxylation is 1. The van der Waals surface area contributed by atoms with Gasteiger partial charge in [-0.15, -0.1) is 0 Å². The number of nitrogens with zero attached hydrogens (tertiary/aromatic N) is 2. The second-order valence-electron chi connectivity index (χ2n) is 5.91. The molecule has 1 heterocycles. The number of rotatable bonds is 3. The Bertz CT molecular complexity index is 1180. The predicted molar refractivity (Wildman–Crippen MR) is 111 cm³/mol. The number of para-hydroxylation sites is 1. The molecule has 0 atom stereocenters. The lowest BCUT2D eigenvalue weighted by molar-refractivity contribution is 0.0998. The SMILES string of the molecule is Cn1c(=NC(=O)c2ccc(Oc3ccccc3)cc2)sc2ccc(Br)cc21. The molecule has 6 heteroatoms. The third kappa shape index (κ3) is 3.86. The molecular formula is C21H15BrN2O2S. The van der Waals surface area contributed by atoms with Gasteiger partial charge in [-0.1, -0.05) is 45.5 Å². The number of carbonyl (C=O) groups is 1. The van der Waals surface area contributed by atoms with Crippen LogP contribution < -0.4 is 9.54 Å². The standard InChI is InChI=1S/C21H15BrN2O2S/c1-24-18-13-15(22)9-12-19(18)27-21(24)23-20(25)14-7-10-17(11-8-14)26-16-5-3-2-4-6-16/h2-13H,1H3. The van der Waals surface area contributed by atoms with Gasteiger partial charge < -0.3 is 9.30 Å². The number of fused-ring (bicyclic) bond motifs is 1. The quantitative estimate of drug-likeness (QED) is 0.421. The largest absolute Gasteiger partial charge is 0.457 e. The summed E-state index contributed by atoms with van der Waals surface area (Å²) in [5.74, 6) is 1.15. The Labute approximate surface area is 168 Å². The van der Waals surface area contributed by atoms with Crippen LogP contribution in [-0.2, 0) is 7.05 Å². The molecule has 0 aliphatic heterocycles. The van der Waals surface area contributed by atoms with Gasteiger partial charge in [0.2, 0.25) is 0 Å². The molecule has 4 nitrogen and oxygen atoms in total. The van der Waals surface area contributed by atoms with Gasteiger partial charge >= 0.3 is 0 Å². The van der Waals surface area contributed by atoms with Crippen molar-refractivity contribution in [2.24, 2.45) is 12.0 Å². The third-order valence-corrected chi connectivity index (χ3v) is 5.65. The van der Waals surface area contributed by atoms with Gasteiger partial charge in [0.25, 0.3) is 5.91 Å². The maximum atomic E-state index is 12.6. The fourth-order valence-corrected chi connectivity index (χ4v) is 3.99. The van der Waals surface area contributed by atoms with E-state index in [4.69, 9.17) is 4.74 Å². The van der Waals surface area contributed by atoms with Crippen molar-refractivity contribution in [2.75, 3.05) is 0 Å². The van der Waals surface area contributed by atoms with Crippen LogP contribution in [-0.4, -0.2) is 10.5 Å². The molecule has 0 fully saturated rings. The lowest BCUT2D eigenvalue weighted by Crippen LogP contribution is -2.13. The minimum Gasteiger partial charge on any atom is -0.457 e. The number of aromatic nitrogens is 1. The average Bonchev–Trinajstić information content (AvgIpc) is 2.98. The molecule has 4 rings (SSSR count). The van der Waals surface area contributed by atoms with E-state index in [1.54, 1.807) is 24.3 Å². The summed E-state index contributed by atoms with van der Waals surface area (Å²) < 4.78 is 9.76. The van der Waals surface area contributed by atoms with Crippen LogP contribution in [0.1, 0.15) is 10.4 Å². The van der Waals surface area contributed by atoms with Crippen molar-refractivity contribution >= 4 is 43.4 Å². The molecule has 0 unspecified atom stereocenters. The molecule has 0 N–H and O–H groups in total. The molecule has 27 heavy (non-hydrogen) atoms. The number of thiazole rings is 1. The fourth-order valence-electron chi connectivity index (χ4n) is 2.65. The molecule has 1 aromatic heterocycles. The van der Waals surface area contributed by atoms with Gasteiger partial charge in [-0.05, 0) is 54.6 Å². The molecule has 0 saturated heterocycles. The van der Waals surface area contributed by atoms with E-state index in [2.05, 4.69) is 20.9 Å². The van der Waals surface area contributed by atoms with E-state index in [1.165, 1.54) is 11.3 Å². The lowest BCUT2D eigenvalue weighted by Gasteiger charge is -2.05. The van der Waals surface area contributed by atoms with E-state index in [9.17, 15) is 4.79 Å². The van der Waals surface area contributed by atoms with E-state index in [1.807, 2.05) is 60.1 Å². The third-order valence-electron chi connectivity index (χ3n) is 4.05. The predicted octanol–water partition coefficient (Wildman–Crippen LogP) is 5.54. The Balaban J connectivity index is 1.60. The first kappa shape index (κ1) is 17.7. The average molecular weight is 439 g/mol. The summed E-state index contributed by atoms with van der Waals surface area (Å²) in [5.41, 5.74) is 1.56. The maximum Gasteiger partial charge on any atom is 0.279 e. The summed E-state index contributed by atoms with van der Waals surface area (Å²) in [6.45, 7) is 0. The van der Waals surface area contributed by atoms with Gasteiger partial charge in [0, 0.05) is 17.1 Å². The van der Waals surface area contributed by atoms with Crippen LogP contribution in [0.25, 0.3) is 10.2 Å². The van der Waals surface area contributed by atoms with Gasteiger partial charge in [-0.3, -0.25) is 4.79 Å². The summed E-state index contributed by atoms with van der Waals surface area (Å²) in [5, 5.41) is 0. The van der Waals surface area contributed by atoms with Crippen molar-refractivity contribution in [1.82, 2.24) is 4.57 Å². The van der Waals surface area contributed by atoms with Crippen LogP contribution in [0.15, 0.2) is 82.3 Å². The molecule has 0 spiro atoms. The van der Waals surface area contributed by atoms with Crippen LogP contribution in [0.2, 0.25) is 0 Å². The Kier molecular flexibility index (Phi) is 4.92. The minimum absolute atomic E-state index is 0.275. The highest BCUT2D eigenvalue weighted by Gasteiger charge is 2.08. The van der Waals surface area contributed by atoms with Gasteiger partial charge in [-0.2, -0.15) is 4.99 Å².